The van der Waals surface area contributed by atoms with Gasteiger partial charge >= 0.3 is 0 Å². The third-order valence-corrected chi connectivity index (χ3v) is 2.38. The van der Waals surface area contributed by atoms with Crippen LogP contribution in [0.5, 0.6) is 0 Å². The first-order chi connectivity index (χ1) is 7.86. The third-order valence-electron chi connectivity index (χ3n) is 2.38. The lowest BCUT2D eigenvalue weighted by atomic mass is 10.1. The Balaban J connectivity index is 2.36. The predicted molar refractivity (Wildman–Crippen MR) is 58.9 cm³/mol. The molecule has 6 nitrogen and oxygen atoms in total. The van der Waals surface area contributed by atoms with Crippen LogP contribution in [0.2, 0.25) is 0 Å². The van der Waals surface area contributed by atoms with Crippen LogP contribution in [0, 0.1) is 0 Å². The lowest BCUT2D eigenvalue weighted by Gasteiger charge is -2.05. The number of rotatable bonds is 1. The summed E-state index contributed by atoms with van der Waals surface area (Å²) in [6.07, 6.45) is 3.51. The minimum atomic E-state index is 0.261. The quantitative estimate of drug-likeness (QED) is 0.644. The molecular formula is C10H8N6. The molecule has 0 amide bonds. The number of benzene rings is 1. The van der Waals surface area contributed by atoms with Crippen LogP contribution in [0.25, 0.3) is 16.5 Å². The second kappa shape index (κ2) is 3.27. The highest BCUT2D eigenvalue weighted by Gasteiger charge is 2.07. The second-order valence-electron chi connectivity index (χ2n) is 3.32. The molecular weight excluding hydrogens is 204 g/mol. The van der Waals surface area contributed by atoms with Gasteiger partial charge in [0.05, 0.1) is 5.69 Å². The van der Waals surface area contributed by atoms with Crippen molar-refractivity contribution in [1.29, 1.82) is 0 Å². The second-order valence-corrected chi connectivity index (χ2v) is 3.32. The zero-order chi connectivity index (χ0) is 11.0. The van der Waals surface area contributed by atoms with E-state index in [0.717, 1.165) is 16.5 Å². The van der Waals surface area contributed by atoms with Crippen molar-refractivity contribution in [2.24, 2.45) is 0 Å². The fourth-order valence-electron chi connectivity index (χ4n) is 1.65. The number of pyridine rings is 1. The topological polar surface area (TPSA) is 82.5 Å². The zero-order valence-electron chi connectivity index (χ0n) is 8.28. The first-order valence-electron chi connectivity index (χ1n) is 4.73. The molecule has 0 saturated carbocycles. The highest BCUT2D eigenvalue weighted by Crippen LogP contribution is 2.21. The number of hydrogen-bond donors (Lipinski definition) is 1. The summed E-state index contributed by atoms with van der Waals surface area (Å²) >= 11 is 0. The monoisotopic (exact) mass is 212 g/mol. The molecule has 1 aromatic carbocycles. The summed E-state index contributed by atoms with van der Waals surface area (Å²) in [5, 5.41) is 13.1. The standard InChI is InChI=1S/C10H8N6/c11-10-13-14-15-16(10)9-3-1-2-7-4-5-12-6-8(7)9/h1-6H,(H2,11,13,15). The molecule has 0 atom stereocenters. The first-order valence-corrected chi connectivity index (χ1v) is 4.73. The number of hydrogen-bond acceptors (Lipinski definition) is 5. The first kappa shape index (κ1) is 8.78. The van der Waals surface area contributed by atoms with E-state index >= 15 is 0 Å². The third kappa shape index (κ3) is 1.20. The van der Waals surface area contributed by atoms with Gasteiger partial charge in [-0.1, -0.05) is 17.2 Å². The molecule has 0 fully saturated rings. The molecule has 0 bridgehead atoms. The molecule has 0 aliphatic rings. The van der Waals surface area contributed by atoms with Crippen molar-refractivity contribution in [2.75, 3.05) is 5.73 Å². The van der Waals surface area contributed by atoms with Crippen LogP contribution in [0.15, 0.2) is 36.7 Å². The van der Waals surface area contributed by atoms with Crippen molar-refractivity contribution in [2.45, 2.75) is 0 Å². The molecule has 78 valence electrons. The SMILES string of the molecule is Nc1nnnn1-c1cccc2ccncc12. The molecule has 0 saturated heterocycles. The fourth-order valence-corrected chi connectivity index (χ4v) is 1.65. The Bertz CT molecular complexity index is 639. The number of anilines is 1. The maximum atomic E-state index is 5.67. The Kier molecular flexibility index (Phi) is 1.79. The van der Waals surface area contributed by atoms with Gasteiger partial charge in [0.15, 0.2) is 0 Å². The lowest BCUT2D eigenvalue weighted by Crippen LogP contribution is -2.03. The van der Waals surface area contributed by atoms with E-state index in [0.29, 0.717) is 0 Å². The van der Waals surface area contributed by atoms with Crippen LogP contribution >= 0.6 is 0 Å². The number of aromatic nitrogens is 5. The molecule has 2 aromatic heterocycles. The predicted octanol–water partition coefficient (Wildman–Crippen LogP) is 0.793. The fraction of sp³-hybridized carbons (Fsp3) is 0. The largest absolute Gasteiger partial charge is 0.366 e. The van der Waals surface area contributed by atoms with E-state index < -0.39 is 0 Å². The van der Waals surface area contributed by atoms with Crippen molar-refractivity contribution in [3.05, 3.63) is 36.7 Å². The molecule has 0 aliphatic carbocycles. The van der Waals surface area contributed by atoms with Gasteiger partial charge in [-0.15, -0.1) is 0 Å². The lowest BCUT2D eigenvalue weighted by molar-refractivity contribution is 0.795. The van der Waals surface area contributed by atoms with Crippen LogP contribution < -0.4 is 5.73 Å². The van der Waals surface area contributed by atoms with Gasteiger partial charge in [-0.3, -0.25) is 4.98 Å². The summed E-state index contributed by atoms with van der Waals surface area (Å²) in [7, 11) is 0. The van der Waals surface area contributed by atoms with Crippen molar-refractivity contribution >= 4 is 16.7 Å². The van der Waals surface area contributed by atoms with Crippen LogP contribution in [0.1, 0.15) is 0 Å². The van der Waals surface area contributed by atoms with Gasteiger partial charge < -0.3 is 5.73 Å². The molecule has 3 rings (SSSR count). The molecule has 0 spiro atoms. The van der Waals surface area contributed by atoms with Crippen LogP contribution in [-0.2, 0) is 0 Å². The summed E-state index contributed by atoms with van der Waals surface area (Å²) in [4.78, 5) is 4.09. The van der Waals surface area contributed by atoms with Gasteiger partial charge in [0, 0.05) is 17.8 Å². The number of nitrogens with zero attached hydrogens (tertiary/aromatic N) is 5. The maximum Gasteiger partial charge on any atom is 0.245 e. The summed E-state index contributed by atoms with van der Waals surface area (Å²) in [6.45, 7) is 0. The number of nitrogens with two attached hydrogens (primary N) is 1. The smallest absolute Gasteiger partial charge is 0.245 e. The van der Waals surface area contributed by atoms with Crippen LogP contribution in [-0.4, -0.2) is 25.2 Å². The highest BCUT2D eigenvalue weighted by atomic mass is 15.6. The van der Waals surface area contributed by atoms with Gasteiger partial charge in [-0.05, 0) is 27.9 Å². The van der Waals surface area contributed by atoms with Gasteiger partial charge in [0.1, 0.15) is 0 Å². The van der Waals surface area contributed by atoms with Crippen molar-refractivity contribution in [3.63, 3.8) is 0 Å². The van der Waals surface area contributed by atoms with E-state index in [4.69, 9.17) is 5.73 Å². The Labute approximate surface area is 90.7 Å². The molecule has 0 aliphatic heterocycles. The zero-order valence-corrected chi connectivity index (χ0v) is 8.28. The van der Waals surface area contributed by atoms with Gasteiger partial charge in [0.25, 0.3) is 0 Å². The van der Waals surface area contributed by atoms with Crippen LogP contribution in [0.3, 0.4) is 0 Å². The minimum Gasteiger partial charge on any atom is -0.366 e. The minimum absolute atomic E-state index is 0.261. The van der Waals surface area contributed by atoms with E-state index in [2.05, 4.69) is 20.5 Å². The van der Waals surface area contributed by atoms with E-state index in [1.165, 1.54) is 4.68 Å². The average molecular weight is 212 g/mol. The Morgan fingerprint density at radius 3 is 2.94 bits per heavy atom. The molecule has 2 N–H and O–H groups in total. The highest BCUT2D eigenvalue weighted by molar-refractivity contribution is 5.89. The van der Waals surface area contributed by atoms with Gasteiger partial charge in [-0.25, -0.2) is 0 Å². The Morgan fingerprint density at radius 1 is 1.19 bits per heavy atom. The maximum absolute atomic E-state index is 5.67. The molecule has 3 aromatic rings. The van der Waals surface area contributed by atoms with Gasteiger partial charge in [-0.2, -0.15) is 4.68 Å². The normalized spacial score (nSPS) is 10.8. The van der Waals surface area contributed by atoms with E-state index in [1.807, 2.05) is 24.3 Å². The molecule has 6 heteroatoms. The molecule has 0 radical (unpaired) electrons. The van der Waals surface area contributed by atoms with E-state index in [1.54, 1.807) is 12.4 Å². The van der Waals surface area contributed by atoms with Crippen molar-refractivity contribution < 1.29 is 0 Å². The van der Waals surface area contributed by atoms with Crippen molar-refractivity contribution in [3.8, 4) is 5.69 Å². The van der Waals surface area contributed by atoms with Crippen LogP contribution in [0.4, 0.5) is 5.95 Å². The van der Waals surface area contributed by atoms with E-state index in [-0.39, 0.29) is 5.95 Å². The molecule has 0 unspecified atom stereocenters. The number of tetrazole rings is 1. The molecule has 16 heavy (non-hydrogen) atoms. The average Bonchev–Trinajstić information content (AvgIpc) is 2.75. The summed E-state index contributed by atoms with van der Waals surface area (Å²) in [6, 6.07) is 7.76. The van der Waals surface area contributed by atoms with Gasteiger partial charge in [0.2, 0.25) is 5.95 Å². The summed E-state index contributed by atoms with van der Waals surface area (Å²) < 4.78 is 1.49. The Morgan fingerprint density at radius 2 is 2.12 bits per heavy atom. The number of fused-ring (bicyclic) bond motifs is 1. The van der Waals surface area contributed by atoms with E-state index in [9.17, 15) is 0 Å². The number of nitrogen functional groups attached to an aromatic ring is 1. The molecule has 2 heterocycles. The van der Waals surface area contributed by atoms with Crippen molar-refractivity contribution in [1.82, 2.24) is 25.2 Å². The summed E-state index contributed by atoms with van der Waals surface area (Å²) in [5.41, 5.74) is 6.50. The Hall–Kier alpha value is -2.50. The summed E-state index contributed by atoms with van der Waals surface area (Å²) in [5.74, 6) is 0.261.